The van der Waals surface area contributed by atoms with Crippen LogP contribution in [0.1, 0.15) is 33.1 Å². The van der Waals surface area contributed by atoms with Crippen LogP contribution in [0.4, 0.5) is 0 Å². The lowest BCUT2D eigenvalue weighted by atomic mass is 9.98. The van der Waals surface area contributed by atoms with Crippen LogP contribution in [0, 0.1) is 6.92 Å². The predicted molar refractivity (Wildman–Crippen MR) is 125 cm³/mol. The molecule has 1 fully saturated rings. The number of nitrogens with one attached hydrogen (secondary N) is 2. The van der Waals surface area contributed by atoms with Crippen LogP contribution >= 0.6 is 0 Å². The summed E-state index contributed by atoms with van der Waals surface area (Å²) in [5.74, 6) is 0.786. The van der Waals surface area contributed by atoms with E-state index in [9.17, 15) is 9.59 Å². The van der Waals surface area contributed by atoms with Gasteiger partial charge in [0.25, 0.3) is 5.91 Å². The molecule has 2 amide bonds. The third kappa shape index (κ3) is 4.87. The molecule has 0 unspecified atom stereocenters. The molecule has 1 saturated heterocycles. The fraction of sp³-hybridized carbons (Fsp3) is 0.192. The topological polar surface area (TPSA) is 79.7 Å². The van der Waals surface area contributed by atoms with Crippen LogP contribution in [0.2, 0.25) is 0 Å². The van der Waals surface area contributed by atoms with Crippen LogP contribution in [0.3, 0.4) is 0 Å². The van der Waals surface area contributed by atoms with Crippen molar-refractivity contribution in [2.75, 3.05) is 14.2 Å². The van der Waals surface area contributed by atoms with Crippen LogP contribution in [0.25, 0.3) is 0 Å². The lowest BCUT2D eigenvalue weighted by molar-refractivity contribution is -0.596. The van der Waals surface area contributed by atoms with Gasteiger partial charge in [-0.15, -0.1) is 10.1 Å². The molecule has 7 nitrogen and oxygen atoms in total. The van der Waals surface area contributed by atoms with Crippen molar-refractivity contribution in [2.24, 2.45) is 0 Å². The van der Waals surface area contributed by atoms with E-state index in [2.05, 4.69) is 10.7 Å². The Labute approximate surface area is 192 Å². The molecule has 1 heterocycles. The Kier molecular flexibility index (Phi) is 6.40. The van der Waals surface area contributed by atoms with Gasteiger partial charge in [-0.25, -0.2) is 0 Å². The quantitative estimate of drug-likeness (QED) is 0.573. The number of nitrogens with zero attached hydrogens (tertiary/aromatic N) is 1. The highest BCUT2D eigenvalue weighted by molar-refractivity contribution is 5.98. The first-order chi connectivity index (χ1) is 16.0. The summed E-state index contributed by atoms with van der Waals surface area (Å²) in [7, 11) is 3.18. The summed E-state index contributed by atoms with van der Waals surface area (Å²) in [6, 6.07) is 21.0. The van der Waals surface area contributed by atoms with Crippen molar-refractivity contribution in [1.29, 1.82) is 0 Å². The van der Waals surface area contributed by atoms with Gasteiger partial charge >= 0.3 is 5.91 Å². The molecule has 33 heavy (non-hydrogen) atoms. The molecule has 0 aliphatic carbocycles. The molecule has 1 aliphatic heterocycles. The number of ether oxygens (including phenoxy) is 2. The van der Waals surface area contributed by atoms with E-state index in [0.717, 1.165) is 22.4 Å². The van der Waals surface area contributed by atoms with Crippen LogP contribution in [0.5, 0.6) is 11.5 Å². The summed E-state index contributed by atoms with van der Waals surface area (Å²) < 4.78 is 12.1. The molecule has 4 rings (SSSR count). The van der Waals surface area contributed by atoms with Gasteiger partial charge in [-0.1, -0.05) is 29.8 Å². The fourth-order valence-corrected chi connectivity index (χ4v) is 3.76. The average molecular weight is 445 g/mol. The molecule has 0 saturated carbocycles. The zero-order chi connectivity index (χ0) is 23.4. The van der Waals surface area contributed by atoms with Crippen molar-refractivity contribution >= 4 is 18.0 Å². The van der Waals surface area contributed by atoms with Gasteiger partial charge in [-0.2, -0.15) is 0 Å². The van der Waals surface area contributed by atoms with E-state index in [1.807, 2.05) is 61.7 Å². The highest BCUT2D eigenvalue weighted by Crippen LogP contribution is 2.26. The smallest absolute Gasteiger partial charge is 0.304 e. The molecule has 0 bridgehead atoms. The number of carbonyl (C=O) groups excluding carboxylic acids is 2. The predicted octanol–water partition coefficient (Wildman–Crippen LogP) is 3.03. The molecule has 0 aromatic heterocycles. The van der Waals surface area contributed by atoms with Crippen molar-refractivity contribution in [3.8, 4) is 11.5 Å². The molecule has 3 aromatic rings. The van der Waals surface area contributed by atoms with Crippen LogP contribution in [0.15, 0.2) is 72.8 Å². The summed E-state index contributed by atoms with van der Waals surface area (Å²) in [6.45, 7) is 2.01. The number of carbonyl (C=O) groups is 2. The normalized spacial score (nSPS) is 18.6. The van der Waals surface area contributed by atoms with Crippen LogP contribution in [-0.4, -0.2) is 43.0 Å². The third-order valence-corrected chi connectivity index (χ3v) is 5.60. The second-order valence-corrected chi connectivity index (χ2v) is 7.82. The van der Waals surface area contributed by atoms with E-state index < -0.39 is 12.1 Å². The number of hydrogen-bond donors (Lipinski definition) is 2. The van der Waals surface area contributed by atoms with Gasteiger partial charge in [0.2, 0.25) is 12.3 Å². The summed E-state index contributed by atoms with van der Waals surface area (Å²) in [5, 5.41) is 2.91. The first kappa shape index (κ1) is 22.1. The van der Waals surface area contributed by atoms with Crippen molar-refractivity contribution in [3.05, 3.63) is 95.1 Å². The van der Waals surface area contributed by atoms with Crippen molar-refractivity contribution < 1.29 is 23.7 Å². The minimum absolute atomic E-state index is 0.285. The van der Waals surface area contributed by atoms with E-state index in [1.165, 1.54) is 0 Å². The largest absolute Gasteiger partial charge is 0.497 e. The maximum atomic E-state index is 13.0. The minimum atomic E-state index is -0.781. The van der Waals surface area contributed by atoms with Crippen molar-refractivity contribution in [3.63, 3.8) is 0 Å². The summed E-state index contributed by atoms with van der Waals surface area (Å²) in [5.41, 5.74) is 6.24. The fourth-order valence-electron chi connectivity index (χ4n) is 3.76. The second-order valence-electron chi connectivity index (χ2n) is 7.82. The van der Waals surface area contributed by atoms with Gasteiger partial charge in [0, 0.05) is 16.7 Å². The number of rotatable bonds is 6. The molecule has 2 atom stereocenters. The Morgan fingerprint density at radius 1 is 0.909 bits per heavy atom. The molecule has 3 aromatic carbocycles. The summed E-state index contributed by atoms with van der Waals surface area (Å²) in [6.07, 6.45) is 1.85. The molecular weight excluding hydrogens is 418 g/mol. The lowest BCUT2D eigenvalue weighted by Gasteiger charge is -2.15. The number of methoxy groups -OCH3 is 2. The molecule has 0 spiro atoms. The third-order valence-electron chi connectivity index (χ3n) is 5.60. The van der Waals surface area contributed by atoms with Gasteiger partial charge in [-0.3, -0.25) is 9.59 Å². The van der Waals surface area contributed by atoms with Gasteiger partial charge in [0.1, 0.15) is 11.5 Å². The van der Waals surface area contributed by atoms with E-state index in [-0.39, 0.29) is 11.8 Å². The van der Waals surface area contributed by atoms with Crippen LogP contribution < -0.4 is 20.2 Å². The average Bonchev–Trinajstić information content (AvgIpc) is 3.14. The standard InChI is InChI=1S/C26H25N3O4/c1-17-4-8-19(9-5-17)24-23(27-25(30)20-10-14-22(33-3)15-11-20)26(31)28-29(24)16-18-6-12-21(32-2)13-7-18/h4-16,23-24H,1-3H3,(H-,27,28,30,31)/p+1/b29-16-/t23-,24+/m0/s1. The maximum Gasteiger partial charge on any atom is 0.304 e. The van der Waals surface area contributed by atoms with Crippen LogP contribution in [-0.2, 0) is 4.79 Å². The zero-order valence-electron chi connectivity index (χ0n) is 18.7. The number of hydrazine groups is 1. The van der Waals surface area contributed by atoms with E-state index in [4.69, 9.17) is 9.47 Å². The van der Waals surface area contributed by atoms with Crippen molar-refractivity contribution in [1.82, 2.24) is 10.7 Å². The second kappa shape index (κ2) is 9.56. The molecular formula is C26H26N3O4+. The van der Waals surface area contributed by atoms with Crippen molar-refractivity contribution in [2.45, 2.75) is 19.0 Å². The molecule has 168 valence electrons. The van der Waals surface area contributed by atoms with Gasteiger partial charge in [0.15, 0.2) is 6.04 Å². The zero-order valence-corrected chi connectivity index (χ0v) is 18.7. The maximum absolute atomic E-state index is 13.0. The Balaban J connectivity index is 1.66. The number of benzene rings is 3. The van der Waals surface area contributed by atoms with Gasteiger partial charge in [-0.05, 0) is 55.5 Å². The minimum Gasteiger partial charge on any atom is -0.497 e. The Morgan fingerprint density at radius 2 is 1.48 bits per heavy atom. The molecule has 2 N–H and O–H groups in total. The first-order valence-corrected chi connectivity index (χ1v) is 10.6. The number of amides is 2. The highest BCUT2D eigenvalue weighted by atomic mass is 16.5. The monoisotopic (exact) mass is 444 g/mol. The lowest BCUT2D eigenvalue weighted by Crippen LogP contribution is -2.42. The molecule has 1 aliphatic rings. The number of hydrogen-bond acceptors (Lipinski definition) is 4. The van der Waals surface area contributed by atoms with E-state index >= 15 is 0 Å². The Morgan fingerprint density at radius 3 is 2.06 bits per heavy atom. The number of aryl methyl sites for hydroxylation is 1. The Hall–Kier alpha value is -4.13. The summed E-state index contributed by atoms with van der Waals surface area (Å²) in [4.78, 5) is 25.9. The van der Waals surface area contributed by atoms with Gasteiger partial charge in [0.05, 0.1) is 14.2 Å². The molecule has 0 radical (unpaired) electrons. The highest BCUT2D eigenvalue weighted by Gasteiger charge is 2.47. The first-order valence-electron chi connectivity index (χ1n) is 10.6. The van der Waals surface area contributed by atoms with E-state index in [1.54, 1.807) is 43.2 Å². The SMILES string of the molecule is COc1ccc(/C=[N+]2\NC(=O)[C@@H](NC(=O)c3ccc(OC)cc3)[C@H]2c2ccc(C)cc2)cc1. The molecule has 7 heteroatoms. The summed E-state index contributed by atoms with van der Waals surface area (Å²) >= 11 is 0. The van der Waals surface area contributed by atoms with Gasteiger partial charge < -0.3 is 14.8 Å². The number of hydrazone groups is 1. The Bertz CT molecular complexity index is 1170. The van der Waals surface area contributed by atoms with E-state index in [0.29, 0.717) is 11.3 Å².